The van der Waals surface area contributed by atoms with Crippen molar-refractivity contribution in [2.75, 3.05) is 11.9 Å². The molecule has 5 heteroatoms. The molecule has 0 aliphatic carbocycles. The van der Waals surface area contributed by atoms with E-state index in [-0.39, 0.29) is 18.5 Å². The van der Waals surface area contributed by atoms with Crippen molar-refractivity contribution < 1.29 is 10.0 Å². The molecule has 1 amide bonds. The molecule has 104 valence electrons. The summed E-state index contributed by atoms with van der Waals surface area (Å²) < 4.78 is 1.96. The summed E-state index contributed by atoms with van der Waals surface area (Å²) in [5.41, 5.74) is 3.68. The zero-order valence-electron chi connectivity index (χ0n) is 11.5. The third-order valence-electron chi connectivity index (χ3n) is 3.80. The molecule has 5 nitrogen and oxygen atoms in total. The molecule has 1 atom stereocenters. The fraction of sp³-hybridized carbons (Fsp3) is 0.267. The molecule has 0 bridgehead atoms. The van der Waals surface area contributed by atoms with Gasteiger partial charge in [0.05, 0.1) is 11.7 Å². The molecule has 0 spiro atoms. The second-order valence-corrected chi connectivity index (χ2v) is 5.11. The number of aryl methyl sites for hydroxylation is 1. The molecular formula is C15H17N3O2. The van der Waals surface area contributed by atoms with Crippen molar-refractivity contribution in [2.24, 2.45) is 7.05 Å². The van der Waals surface area contributed by atoms with Gasteiger partial charge in [0.2, 0.25) is 5.91 Å². The third kappa shape index (κ3) is 2.01. The molecule has 2 heterocycles. The molecule has 0 fully saturated rings. The molecule has 1 aromatic heterocycles. The summed E-state index contributed by atoms with van der Waals surface area (Å²) in [6.07, 6.45) is 1.89. The average Bonchev–Trinajstić information content (AvgIpc) is 2.61. The molecule has 3 rings (SSSR count). The van der Waals surface area contributed by atoms with E-state index in [2.05, 4.69) is 5.32 Å². The van der Waals surface area contributed by atoms with Gasteiger partial charge in [-0.25, -0.2) is 0 Å². The summed E-state index contributed by atoms with van der Waals surface area (Å²) in [4.78, 5) is 11.8. The van der Waals surface area contributed by atoms with Crippen LogP contribution in [0.1, 0.15) is 22.9 Å². The SMILES string of the molecule is Cc1c2c(cn1C)NC(=O)CN(O)C2c1ccccc1. The van der Waals surface area contributed by atoms with Crippen molar-refractivity contribution in [2.45, 2.75) is 13.0 Å². The Kier molecular flexibility index (Phi) is 3.08. The first-order valence-electron chi connectivity index (χ1n) is 6.54. The van der Waals surface area contributed by atoms with Crippen molar-refractivity contribution >= 4 is 11.6 Å². The molecule has 2 N–H and O–H groups in total. The lowest BCUT2D eigenvalue weighted by molar-refractivity contribution is -0.140. The maximum atomic E-state index is 11.8. The van der Waals surface area contributed by atoms with Gasteiger partial charge in [-0.05, 0) is 12.5 Å². The monoisotopic (exact) mass is 271 g/mol. The van der Waals surface area contributed by atoms with Crippen LogP contribution in [0.15, 0.2) is 36.5 Å². The minimum absolute atomic E-state index is 0.0443. The number of nitrogens with zero attached hydrogens (tertiary/aromatic N) is 2. The van der Waals surface area contributed by atoms with Gasteiger partial charge in [0.15, 0.2) is 0 Å². The van der Waals surface area contributed by atoms with Crippen LogP contribution in [0.3, 0.4) is 0 Å². The third-order valence-corrected chi connectivity index (χ3v) is 3.80. The Bertz CT molecular complexity index is 649. The quantitative estimate of drug-likeness (QED) is 0.834. The number of nitrogens with one attached hydrogen (secondary N) is 1. The van der Waals surface area contributed by atoms with Gasteiger partial charge in [-0.1, -0.05) is 30.3 Å². The van der Waals surface area contributed by atoms with Gasteiger partial charge in [-0.15, -0.1) is 0 Å². The first-order valence-corrected chi connectivity index (χ1v) is 6.54. The molecule has 1 aliphatic heterocycles. The van der Waals surface area contributed by atoms with E-state index in [1.807, 2.05) is 55.1 Å². The lowest BCUT2D eigenvalue weighted by Gasteiger charge is -2.24. The van der Waals surface area contributed by atoms with E-state index in [4.69, 9.17) is 0 Å². The van der Waals surface area contributed by atoms with Crippen molar-refractivity contribution in [1.29, 1.82) is 0 Å². The average molecular weight is 271 g/mol. The Morgan fingerprint density at radius 3 is 2.70 bits per heavy atom. The standard InChI is InChI=1S/C15H17N3O2/c1-10-14-12(8-17(10)2)16-13(19)9-18(20)15(14)11-6-4-3-5-7-11/h3-8,15,20H,9H2,1-2H3,(H,16,19). The summed E-state index contributed by atoms with van der Waals surface area (Å²) in [6.45, 7) is 1.94. The highest BCUT2D eigenvalue weighted by atomic mass is 16.5. The van der Waals surface area contributed by atoms with Gasteiger partial charge in [0, 0.05) is 24.5 Å². The van der Waals surface area contributed by atoms with Gasteiger partial charge in [-0.2, -0.15) is 5.06 Å². The van der Waals surface area contributed by atoms with E-state index in [1.165, 1.54) is 0 Å². The molecule has 0 saturated carbocycles. The van der Waals surface area contributed by atoms with Gasteiger partial charge in [0.25, 0.3) is 0 Å². The smallest absolute Gasteiger partial charge is 0.241 e. The van der Waals surface area contributed by atoms with E-state index in [9.17, 15) is 10.0 Å². The van der Waals surface area contributed by atoms with Crippen LogP contribution in [0.2, 0.25) is 0 Å². The zero-order valence-corrected chi connectivity index (χ0v) is 11.5. The topological polar surface area (TPSA) is 57.5 Å². The molecule has 1 unspecified atom stereocenters. The Morgan fingerprint density at radius 1 is 1.30 bits per heavy atom. The highest BCUT2D eigenvalue weighted by molar-refractivity contribution is 5.94. The van der Waals surface area contributed by atoms with E-state index in [0.717, 1.165) is 27.6 Å². The number of amides is 1. The molecule has 0 saturated heterocycles. The van der Waals surface area contributed by atoms with Crippen LogP contribution in [-0.4, -0.2) is 27.3 Å². The predicted octanol–water partition coefficient (Wildman–Crippen LogP) is 2.07. The van der Waals surface area contributed by atoms with Crippen LogP contribution in [-0.2, 0) is 11.8 Å². The number of hydrogen-bond acceptors (Lipinski definition) is 3. The lowest BCUT2D eigenvalue weighted by atomic mass is 9.98. The second-order valence-electron chi connectivity index (χ2n) is 5.11. The molecule has 1 aliphatic rings. The summed E-state index contributed by atoms with van der Waals surface area (Å²) in [5.74, 6) is -0.210. The number of hydroxylamine groups is 2. The largest absolute Gasteiger partial charge is 0.352 e. The Balaban J connectivity index is 2.20. The maximum Gasteiger partial charge on any atom is 0.241 e. The van der Waals surface area contributed by atoms with Crippen molar-refractivity contribution in [3.63, 3.8) is 0 Å². The lowest BCUT2D eigenvalue weighted by Crippen LogP contribution is -2.31. The van der Waals surface area contributed by atoms with E-state index >= 15 is 0 Å². The Hall–Kier alpha value is -2.11. The molecule has 1 aromatic carbocycles. The highest BCUT2D eigenvalue weighted by Gasteiger charge is 2.32. The minimum Gasteiger partial charge on any atom is -0.352 e. The van der Waals surface area contributed by atoms with Crippen LogP contribution in [0.4, 0.5) is 5.69 Å². The zero-order chi connectivity index (χ0) is 14.3. The predicted molar refractivity (Wildman–Crippen MR) is 75.6 cm³/mol. The van der Waals surface area contributed by atoms with Crippen LogP contribution in [0, 0.1) is 6.92 Å². The summed E-state index contributed by atoms with van der Waals surface area (Å²) in [5, 5.41) is 14.3. The van der Waals surface area contributed by atoms with E-state index < -0.39 is 0 Å². The minimum atomic E-state index is -0.341. The number of fused-ring (bicyclic) bond motifs is 1. The molecule has 20 heavy (non-hydrogen) atoms. The number of anilines is 1. The van der Waals surface area contributed by atoms with Crippen LogP contribution >= 0.6 is 0 Å². The molecule has 0 radical (unpaired) electrons. The fourth-order valence-electron chi connectivity index (χ4n) is 2.74. The number of hydrogen-bond donors (Lipinski definition) is 2. The van der Waals surface area contributed by atoms with Crippen LogP contribution in [0.25, 0.3) is 0 Å². The number of carbonyl (C=O) groups is 1. The summed E-state index contributed by atoms with van der Waals surface area (Å²) in [6, 6.07) is 9.37. The van der Waals surface area contributed by atoms with Gasteiger partial charge in [0.1, 0.15) is 6.54 Å². The van der Waals surface area contributed by atoms with E-state index in [1.54, 1.807) is 0 Å². The molecular weight excluding hydrogens is 254 g/mol. The van der Waals surface area contributed by atoms with Gasteiger partial charge >= 0.3 is 0 Å². The Morgan fingerprint density at radius 2 is 2.00 bits per heavy atom. The Labute approximate surface area is 117 Å². The first-order chi connectivity index (χ1) is 9.58. The number of benzene rings is 1. The number of carbonyl (C=O) groups excluding carboxylic acids is 1. The van der Waals surface area contributed by atoms with Crippen molar-refractivity contribution in [3.05, 3.63) is 53.3 Å². The number of rotatable bonds is 1. The van der Waals surface area contributed by atoms with Gasteiger partial charge in [-0.3, -0.25) is 4.79 Å². The highest BCUT2D eigenvalue weighted by Crippen LogP contribution is 2.37. The maximum absolute atomic E-state index is 11.8. The normalized spacial score (nSPS) is 19.4. The van der Waals surface area contributed by atoms with Gasteiger partial charge < -0.3 is 15.1 Å². The van der Waals surface area contributed by atoms with Crippen molar-refractivity contribution in [3.8, 4) is 0 Å². The first kappa shape index (κ1) is 12.9. The summed E-state index contributed by atoms with van der Waals surface area (Å²) in [7, 11) is 1.93. The van der Waals surface area contributed by atoms with Crippen LogP contribution < -0.4 is 5.32 Å². The second kappa shape index (κ2) is 4.77. The number of aromatic nitrogens is 1. The van der Waals surface area contributed by atoms with Crippen LogP contribution in [0.5, 0.6) is 0 Å². The molecule has 2 aromatic rings. The summed E-state index contributed by atoms with van der Waals surface area (Å²) >= 11 is 0. The fourth-order valence-corrected chi connectivity index (χ4v) is 2.74. The van der Waals surface area contributed by atoms with Crippen molar-refractivity contribution in [1.82, 2.24) is 9.63 Å². The van der Waals surface area contributed by atoms with E-state index in [0.29, 0.717) is 0 Å².